The van der Waals surface area contributed by atoms with Crippen LogP contribution in [-0.2, 0) is 14.3 Å². The molecule has 2 saturated heterocycles. The summed E-state index contributed by atoms with van der Waals surface area (Å²) in [6.07, 6.45) is 1.85. The molecular weight excluding hydrogens is 495 g/mol. The van der Waals surface area contributed by atoms with Gasteiger partial charge in [0.25, 0.3) is 0 Å². The van der Waals surface area contributed by atoms with Crippen molar-refractivity contribution in [3.8, 4) is 0 Å². The highest BCUT2D eigenvalue weighted by atomic mass is 127. The number of aliphatic imine (C=N–C) groups is 1. The minimum atomic E-state index is -0.0943. The predicted octanol–water partition coefficient (Wildman–Crippen LogP) is 2.53. The molecule has 1 aromatic carbocycles. The van der Waals surface area contributed by atoms with E-state index in [0.29, 0.717) is 13.2 Å². The molecule has 168 valence electrons. The van der Waals surface area contributed by atoms with Gasteiger partial charge in [-0.15, -0.1) is 24.0 Å². The minimum absolute atomic E-state index is 0. The van der Waals surface area contributed by atoms with Gasteiger partial charge in [0.1, 0.15) is 0 Å². The average Bonchev–Trinajstić information content (AvgIpc) is 2.78. The molecule has 1 aromatic rings. The third-order valence-electron chi connectivity index (χ3n) is 5.68. The molecule has 2 fully saturated rings. The van der Waals surface area contributed by atoms with Crippen molar-refractivity contribution in [1.82, 2.24) is 15.1 Å². The molecule has 2 unspecified atom stereocenters. The van der Waals surface area contributed by atoms with Crippen LogP contribution < -0.4 is 5.32 Å². The van der Waals surface area contributed by atoms with E-state index in [1.165, 1.54) is 5.56 Å². The van der Waals surface area contributed by atoms with Crippen LogP contribution >= 0.6 is 24.0 Å². The largest absolute Gasteiger partial charge is 0.466 e. The van der Waals surface area contributed by atoms with Crippen molar-refractivity contribution in [2.75, 3.05) is 59.6 Å². The summed E-state index contributed by atoms with van der Waals surface area (Å²) >= 11 is 0. The number of nitrogens with zero attached hydrogens (tertiary/aromatic N) is 3. The normalized spacial score (nSPS) is 21.5. The Balaban J connectivity index is 0.00000320. The van der Waals surface area contributed by atoms with Crippen LogP contribution in [0.4, 0.5) is 0 Å². The summed E-state index contributed by atoms with van der Waals surface area (Å²) in [6, 6.07) is 10.8. The summed E-state index contributed by atoms with van der Waals surface area (Å²) in [4.78, 5) is 21.3. The number of carbonyl (C=O) groups excluding carboxylic acids is 1. The molecule has 1 N–H and O–H groups in total. The zero-order chi connectivity index (χ0) is 20.5. The molecule has 2 aliphatic rings. The summed E-state index contributed by atoms with van der Waals surface area (Å²) in [6.45, 7) is 8.00. The van der Waals surface area contributed by atoms with Gasteiger partial charge in [0.05, 0.1) is 31.8 Å². The van der Waals surface area contributed by atoms with Crippen LogP contribution in [0.2, 0.25) is 0 Å². The number of piperidine rings is 1. The Bertz CT molecular complexity index is 668. The second kappa shape index (κ2) is 13.1. The van der Waals surface area contributed by atoms with Crippen LogP contribution in [0.5, 0.6) is 0 Å². The molecule has 2 atom stereocenters. The zero-order valence-corrected chi connectivity index (χ0v) is 20.4. The van der Waals surface area contributed by atoms with E-state index in [-0.39, 0.29) is 41.9 Å². The van der Waals surface area contributed by atoms with E-state index in [2.05, 4.69) is 50.4 Å². The molecule has 2 aliphatic heterocycles. The van der Waals surface area contributed by atoms with Crippen LogP contribution in [0.15, 0.2) is 35.3 Å². The minimum Gasteiger partial charge on any atom is -0.466 e. The second-order valence-electron chi connectivity index (χ2n) is 7.54. The van der Waals surface area contributed by atoms with E-state index >= 15 is 0 Å². The maximum absolute atomic E-state index is 12.2. The predicted molar refractivity (Wildman–Crippen MR) is 129 cm³/mol. The molecule has 8 heteroatoms. The summed E-state index contributed by atoms with van der Waals surface area (Å²) in [5.74, 6) is 0.683. The van der Waals surface area contributed by atoms with E-state index in [1.807, 2.05) is 14.0 Å². The molecule has 0 bridgehead atoms. The van der Waals surface area contributed by atoms with Crippen molar-refractivity contribution in [3.63, 3.8) is 0 Å². The van der Waals surface area contributed by atoms with Crippen molar-refractivity contribution >= 4 is 35.9 Å². The zero-order valence-electron chi connectivity index (χ0n) is 18.1. The monoisotopic (exact) mass is 530 g/mol. The SMILES string of the molecule is CCOC(=O)C1CCCN(C(=NC)NCC(c2ccccc2)N2CCOCC2)C1.I. The number of hydrogen-bond donors (Lipinski definition) is 1. The fraction of sp³-hybridized carbons (Fsp3) is 0.636. The Kier molecular flexibility index (Phi) is 10.9. The average molecular weight is 530 g/mol. The first-order chi connectivity index (χ1) is 14.2. The third-order valence-corrected chi connectivity index (χ3v) is 5.68. The van der Waals surface area contributed by atoms with Gasteiger partial charge < -0.3 is 19.7 Å². The molecule has 7 nitrogen and oxygen atoms in total. The lowest BCUT2D eigenvalue weighted by atomic mass is 9.98. The summed E-state index contributed by atoms with van der Waals surface area (Å²) in [7, 11) is 1.81. The van der Waals surface area contributed by atoms with Crippen molar-refractivity contribution in [2.45, 2.75) is 25.8 Å². The number of morpholine rings is 1. The molecule has 0 spiro atoms. The molecule has 0 aromatic heterocycles. The van der Waals surface area contributed by atoms with Gasteiger partial charge in [-0.3, -0.25) is 14.7 Å². The lowest BCUT2D eigenvalue weighted by Gasteiger charge is -2.37. The summed E-state index contributed by atoms with van der Waals surface area (Å²) in [5, 5.41) is 3.57. The highest BCUT2D eigenvalue weighted by molar-refractivity contribution is 14.0. The highest BCUT2D eigenvalue weighted by Crippen LogP contribution is 2.22. The Labute approximate surface area is 197 Å². The lowest BCUT2D eigenvalue weighted by molar-refractivity contribution is -0.149. The molecule has 30 heavy (non-hydrogen) atoms. The van der Waals surface area contributed by atoms with E-state index in [9.17, 15) is 4.79 Å². The third kappa shape index (κ3) is 6.81. The standard InChI is InChI=1S/C22H34N4O3.HI/c1-3-29-21(27)19-10-7-11-26(17-19)22(23-2)24-16-20(18-8-5-4-6-9-18)25-12-14-28-15-13-25;/h4-6,8-9,19-20H,3,7,10-17H2,1-2H3,(H,23,24);1H. The number of esters is 1. The Morgan fingerprint density at radius 2 is 2.00 bits per heavy atom. The first kappa shape index (κ1) is 24.9. The van der Waals surface area contributed by atoms with E-state index in [0.717, 1.165) is 58.2 Å². The molecule has 2 heterocycles. The van der Waals surface area contributed by atoms with Gasteiger partial charge in [0, 0.05) is 39.8 Å². The molecule has 3 rings (SSSR count). The summed E-state index contributed by atoms with van der Waals surface area (Å²) in [5.41, 5.74) is 1.29. The van der Waals surface area contributed by atoms with Crippen LogP contribution in [0.3, 0.4) is 0 Å². The lowest BCUT2D eigenvalue weighted by Crippen LogP contribution is -2.50. The topological polar surface area (TPSA) is 66.4 Å². The number of rotatable bonds is 6. The van der Waals surface area contributed by atoms with E-state index < -0.39 is 0 Å². The van der Waals surface area contributed by atoms with Crippen LogP contribution in [0.1, 0.15) is 31.4 Å². The van der Waals surface area contributed by atoms with Gasteiger partial charge in [-0.2, -0.15) is 0 Å². The van der Waals surface area contributed by atoms with Crippen molar-refractivity contribution in [2.24, 2.45) is 10.9 Å². The number of benzene rings is 1. The molecular formula is C22H35IN4O3. The first-order valence-electron chi connectivity index (χ1n) is 10.7. The summed E-state index contributed by atoms with van der Waals surface area (Å²) < 4.78 is 10.8. The van der Waals surface area contributed by atoms with Crippen LogP contribution in [0, 0.1) is 5.92 Å². The van der Waals surface area contributed by atoms with Crippen LogP contribution in [0.25, 0.3) is 0 Å². The van der Waals surface area contributed by atoms with Crippen molar-refractivity contribution < 1.29 is 14.3 Å². The number of likely N-dealkylation sites (tertiary alicyclic amines) is 1. The number of guanidine groups is 1. The quantitative estimate of drug-likeness (QED) is 0.264. The second-order valence-corrected chi connectivity index (χ2v) is 7.54. The Morgan fingerprint density at radius 1 is 1.27 bits per heavy atom. The molecule has 0 radical (unpaired) electrons. The van der Waals surface area contributed by atoms with Gasteiger partial charge in [0.2, 0.25) is 0 Å². The van der Waals surface area contributed by atoms with Gasteiger partial charge in [0.15, 0.2) is 5.96 Å². The Hall–Kier alpha value is -1.39. The number of ether oxygens (including phenoxy) is 2. The number of carbonyl (C=O) groups is 1. The van der Waals surface area contributed by atoms with Crippen molar-refractivity contribution in [1.29, 1.82) is 0 Å². The molecule has 0 aliphatic carbocycles. The smallest absolute Gasteiger partial charge is 0.310 e. The first-order valence-corrected chi connectivity index (χ1v) is 10.7. The highest BCUT2D eigenvalue weighted by Gasteiger charge is 2.29. The van der Waals surface area contributed by atoms with E-state index in [4.69, 9.17) is 9.47 Å². The molecule has 0 saturated carbocycles. The van der Waals surface area contributed by atoms with Gasteiger partial charge in [-0.25, -0.2) is 0 Å². The Morgan fingerprint density at radius 3 is 2.67 bits per heavy atom. The molecule has 0 amide bonds. The van der Waals surface area contributed by atoms with Crippen LogP contribution in [-0.4, -0.2) is 81.3 Å². The van der Waals surface area contributed by atoms with Crippen molar-refractivity contribution in [3.05, 3.63) is 35.9 Å². The number of nitrogens with one attached hydrogen (secondary N) is 1. The van der Waals surface area contributed by atoms with Gasteiger partial charge in [-0.1, -0.05) is 30.3 Å². The number of hydrogen-bond acceptors (Lipinski definition) is 5. The van der Waals surface area contributed by atoms with Gasteiger partial charge in [-0.05, 0) is 25.3 Å². The maximum atomic E-state index is 12.2. The van der Waals surface area contributed by atoms with Gasteiger partial charge >= 0.3 is 5.97 Å². The fourth-order valence-corrected chi connectivity index (χ4v) is 4.16. The fourth-order valence-electron chi connectivity index (χ4n) is 4.16. The van der Waals surface area contributed by atoms with E-state index in [1.54, 1.807) is 0 Å². The maximum Gasteiger partial charge on any atom is 0.310 e. The number of halogens is 1.